The number of hydrogen-bond acceptors (Lipinski definition) is 3. The molecule has 25 heavy (non-hydrogen) atoms. The number of rotatable bonds is 6. The van der Waals surface area contributed by atoms with E-state index in [1.807, 2.05) is 18.2 Å². The van der Waals surface area contributed by atoms with Gasteiger partial charge in [0.25, 0.3) is 5.91 Å². The van der Waals surface area contributed by atoms with Gasteiger partial charge in [-0.15, -0.1) is 0 Å². The van der Waals surface area contributed by atoms with Crippen LogP contribution in [0.1, 0.15) is 0 Å². The molecule has 8 heteroatoms. The van der Waals surface area contributed by atoms with E-state index in [9.17, 15) is 9.59 Å². The zero-order valence-electron chi connectivity index (χ0n) is 13.3. The maximum absolute atomic E-state index is 12.2. The quantitative estimate of drug-likeness (QED) is 0.656. The molecule has 0 unspecified atom stereocenters. The van der Waals surface area contributed by atoms with Crippen LogP contribution in [0.5, 0.6) is 5.75 Å². The van der Waals surface area contributed by atoms with E-state index in [0.717, 1.165) is 8.95 Å². The lowest BCUT2D eigenvalue weighted by atomic mass is 10.3. The fraction of sp³-hybridized carbons (Fsp3) is 0.176. The first-order valence-electron chi connectivity index (χ1n) is 7.23. The summed E-state index contributed by atoms with van der Waals surface area (Å²) >= 11 is 12.7. The Hall–Kier alpha value is -1.57. The van der Waals surface area contributed by atoms with E-state index in [1.54, 1.807) is 24.3 Å². The first-order chi connectivity index (χ1) is 11.9. The molecule has 0 aliphatic carbocycles. The highest BCUT2D eigenvalue weighted by atomic mass is 79.9. The second-order valence-corrected chi connectivity index (χ2v) is 7.23. The number of nitrogens with zero attached hydrogens (tertiary/aromatic N) is 1. The van der Waals surface area contributed by atoms with Crippen molar-refractivity contribution in [3.8, 4) is 5.75 Å². The normalized spacial score (nSPS) is 10.2. The summed E-state index contributed by atoms with van der Waals surface area (Å²) in [5.74, 6) is -0.132. The summed E-state index contributed by atoms with van der Waals surface area (Å²) in [6.07, 6.45) is 0. The van der Waals surface area contributed by atoms with E-state index in [-0.39, 0.29) is 25.0 Å². The summed E-state index contributed by atoms with van der Waals surface area (Å²) in [5, 5.41) is 3.10. The number of ether oxygens (including phenoxy) is 1. The number of carbonyl (C=O) groups is 2. The van der Waals surface area contributed by atoms with Gasteiger partial charge in [-0.25, -0.2) is 0 Å². The summed E-state index contributed by atoms with van der Waals surface area (Å²) < 4.78 is 6.99. The van der Waals surface area contributed by atoms with Gasteiger partial charge >= 0.3 is 0 Å². The van der Waals surface area contributed by atoms with Gasteiger partial charge in [0.15, 0.2) is 6.61 Å². The molecule has 0 aromatic heterocycles. The first kappa shape index (κ1) is 19.8. The third-order valence-corrected chi connectivity index (χ3v) is 4.79. The number of carbonyl (C=O) groups excluding carboxylic acids is 2. The van der Waals surface area contributed by atoms with Crippen LogP contribution >= 0.6 is 43.5 Å². The number of likely N-dealkylation sites (N-methyl/N-ethyl adjacent to an activating group) is 1. The van der Waals surface area contributed by atoms with Crippen molar-refractivity contribution in [3.05, 3.63) is 56.4 Å². The highest BCUT2D eigenvalue weighted by Crippen LogP contribution is 2.32. The van der Waals surface area contributed by atoms with E-state index >= 15 is 0 Å². The van der Waals surface area contributed by atoms with Gasteiger partial charge in [-0.3, -0.25) is 9.59 Å². The predicted molar refractivity (Wildman–Crippen MR) is 105 cm³/mol. The lowest BCUT2D eigenvalue weighted by molar-refractivity contribution is -0.135. The second kappa shape index (κ2) is 9.22. The second-order valence-electron chi connectivity index (χ2n) is 5.12. The molecule has 0 radical (unpaired) electrons. The SMILES string of the molecule is CN(CC(=O)Nc1ccccc1Cl)C(=O)COc1c(Br)cccc1Br. The predicted octanol–water partition coefficient (Wildman–Crippen LogP) is 4.34. The molecule has 0 atom stereocenters. The zero-order valence-corrected chi connectivity index (χ0v) is 17.2. The van der Waals surface area contributed by atoms with E-state index in [1.165, 1.54) is 11.9 Å². The Bertz CT molecular complexity index is 766. The molecule has 2 amide bonds. The molecular weight excluding hydrogens is 475 g/mol. The number of benzene rings is 2. The van der Waals surface area contributed by atoms with Gasteiger partial charge < -0.3 is 15.0 Å². The van der Waals surface area contributed by atoms with Crippen molar-refractivity contribution in [2.24, 2.45) is 0 Å². The lowest BCUT2D eigenvalue weighted by Crippen LogP contribution is -2.37. The Morgan fingerprint density at radius 3 is 2.40 bits per heavy atom. The van der Waals surface area contributed by atoms with Crippen LogP contribution in [0.4, 0.5) is 5.69 Å². The summed E-state index contributed by atoms with van der Waals surface area (Å²) in [6.45, 7) is -0.290. The number of anilines is 1. The van der Waals surface area contributed by atoms with E-state index in [4.69, 9.17) is 16.3 Å². The average molecular weight is 491 g/mol. The number of nitrogens with one attached hydrogen (secondary N) is 1. The maximum atomic E-state index is 12.2. The minimum absolute atomic E-state index is 0.107. The highest BCUT2D eigenvalue weighted by molar-refractivity contribution is 9.11. The Labute approximate surface area is 167 Å². The number of amides is 2. The number of hydrogen-bond donors (Lipinski definition) is 1. The molecule has 2 aromatic carbocycles. The molecule has 2 aromatic rings. The summed E-state index contributed by atoms with van der Waals surface area (Å²) in [7, 11) is 1.53. The van der Waals surface area contributed by atoms with Gasteiger partial charge in [0, 0.05) is 7.05 Å². The standard InChI is InChI=1S/C17H15Br2ClN2O3/c1-22(9-15(23)21-14-8-3-2-7-13(14)20)16(24)10-25-17-11(18)5-4-6-12(17)19/h2-8H,9-10H2,1H3,(H,21,23). The van der Waals surface area contributed by atoms with Crippen LogP contribution in [0, 0.1) is 0 Å². The minimum Gasteiger partial charge on any atom is -0.481 e. The molecule has 0 aliphatic heterocycles. The Morgan fingerprint density at radius 2 is 1.76 bits per heavy atom. The molecular formula is C17H15Br2ClN2O3. The molecule has 1 N–H and O–H groups in total. The highest BCUT2D eigenvalue weighted by Gasteiger charge is 2.16. The third kappa shape index (κ3) is 5.73. The average Bonchev–Trinajstić information content (AvgIpc) is 2.56. The molecule has 5 nitrogen and oxygen atoms in total. The van der Waals surface area contributed by atoms with Gasteiger partial charge in [-0.05, 0) is 56.1 Å². The maximum Gasteiger partial charge on any atom is 0.260 e. The summed E-state index contributed by atoms with van der Waals surface area (Å²) in [5.41, 5.74) is 0.503. The van der Waals surface area contributed by atoms with Crippen molar-refractivity contribution in [2.75, 3.05) is 25.5 Å². The summed E-state index contributed by atoms with van der Waals surface area (Å²) in [4.78, 5) is 25.5. The first-order valence-corrected chi connectivity index (χ1v) is 9.20. The molecule has 0 fully saturated rings. The van der Waals surface area contributed by atoms with Crippen molar-refractivity contribution in [2.45, 2.75) is 0 Å². The van der Waals surface area contributed by atoms with Crippen molar-refractivity contribution in [1.82, 2.24) is 4.90 Å². The summed E-state index contributed by atoms with van der Waals surface area (Å²) in [6, 6.07) is 12.4. The van der Waals surface area contributed by atoms with Gasteiger partial charge in [0.05, 0.1) is 26.2 Å². The van der Waals surface area contributed by atoms with Crippen molar-refractivity contribution < 1.29 is 14.3 Å². The fourth-order valence-electron chi connectivity index (χ4n) is 1.92. The minimum atomic E-state index is -0.342. The molecule has 0 spiro atoms. The van der Waals surface area contributed by atoms with Crippen LogP contribution < -0.4 is 10.1 Å². The van der Waals surface area contributed by atoms with Crippen LogP contribution in [0.25, 0.3) is 0 Å². The Balaban J connectivity index is 1.88. The van der Waals surface area contributed by atoms with Crippen LogP contribution in [0.3, 0.4) is 0 Å². The Morgan fingerprint density at radius 1 is 1.12 bits per heavy atom. The smallest absolute Gasteiger partial charge is 0.260 e. The number of halogens is 3. The van der Waals surface area contributed by atoms with E-state index < -0.39 is 0 Å². The van der Waals surface area contributed by atoms with Crippen LogP contribution in [0.15, 0.2) is 51.4 Å². The van der Waals surface area contributed by atoms with Crippen LogP contribution in [-0.2, 0) is 9.59 Å². The fourth-order valence-corrected chi connectivity index (χ4v) is 3.33. The lowest BCUT2D eigenvalue weighted by Gasteiger charge is -2.18. The van der Waals surface area contributed by atoms with Crippen LogP contribution in [-0.4, -0.2) is 36.9 Å². The van der Waals surface area contributed by atoms with Gasteiger partial charge in [-0.2, -0.15) is 0 Å². The molecule has 0 saturated carbocycles. The zero-order chi connectivity index (χ0) is 18.4. The molecule has 132 valence electrons. The van der Waals surface area contributed by atoms with E-state index in [0.29, 0.717) is 16.5 Å². The molecule has 0 heterocycles. The van der Waals surface area contributed by atoms with Crippen molar-refractivity contribution >= 4 is 61.0 Å². The third-order valence-electron chi connectivity index (χ3n) is 3.21. The number of para-hydroxylation sites is 2. The van der Waals surface area contributed by atoms with E-state index in [2.05, 4.69) is 37.2 Å². The molecule has 2 rings (SSSR count). The van der Waals surface area contributed by atoms with Gasteiger partial charge in [0.2, 0.25) is 5.91 Å². The van der Waals surface area contributed by atoms with Crippen molar-refractivity contribution in [3.63, 3.8) is 0 Å². The van der Waals surface area contributed by atoms with Crippen molar-refractivity contribution in [1.29, 1.82) is 0 Å². The molecule has 0 aliphatic rings. The topological polar surface area (TPSA) is 58.6 Å². The Kier molecular flexibility index (Phi) is 7.28. The molecule has 0 bridgehead atoms. The van der Waals surface area contributed by atoms with Gasteiger partial charge in [0.1, 0.15) is 5.75 Å². The van der Waals surface area contributed by atoms with Gasteiger partial charge in [-0.1, -0.05) is 29.8 Å². The van der Waals surface area contributed by atoms with Crippen LogP contribution in [0.2, 0.25) is 5.02 Å². The molecule has 0 saturated heterocycles. The largest absolute Gasteiger partial charge is 0.481 e. The monoisotopic (exact) mass is 488 g/mol.